The predicted octanol–water partition coefficient (Wildman–Crippen LogP) is 4.78. The molecular formula is C17H35NO2. The maximum absolute atomic E-state index is 11.6. The standard InChI is InChI=1S/C17H35NO2/c1-4-6-7-8-9-10-11-12-13-14-16(19)20-17(18)15(3)5-2/h15,17H,4-14,18H2,1-3H3. The fourth-order valence-electron chi connectivity index (χ4n) is 2.14. The minimum absolute atomic E-state index is 0.138. The van der Waals surface area contributed by atoms with Crippen LogP contribution in [0.4, 0.5) is 0 Å². The van der Waals surface area contributed by atoms with E-state index in [1.54, 1.807) is 0 Å². The third-order valence-electron chi connectivity index (χ3n) is 3.96. The summed E-state index contributed by atoms with van der Waals surface area (Å²) in [7, 11) is 0. The Balaban J connectivity index is 3.35. The minimum Gasteiger partial charge on any atom is -0.446 e. The van der Waals surface area contributed by atoms with E-state index in [4.69, 9.17) is 10.5 Å². The predicted molar refractivity (Wildman–Crippen MR) is 85.4 cm³/mol. The smallest absolute Gasteiger partial charge is 0.307 e. The van der Waals surface area contributed by atoms with Crippen molar-refractivity contribution >= 4 is 5.97 Å². The molecule has 0 saturated carbocycles. The lowest BCUT2D eigenvalue weighted by Crippen LogP contribution is -2.33. The number of carbonyl (C=O) groups excluding carboxylic acids is 1. The molecule has 3 nitrogen and oxygen atoms in total. The third-order valence-corrected chi connectivity index (χ3v) is 3.96. The van der Waals surface area contributed by atoms with Gasteiger partial charge < -0.3 is 4.74 Å². The van der Waals surface area contributed by atoms with Gasteiger partial charge in [0.15, 0.2) is 6.23 Å². The van der Waals surface area contributed by atoms with Crippen molar-refractivity contribution in [1.82, 2.24) is 0 Å². The summed E-state index contributed by atoms with van der Waals surface area (Å²) in [6, 6.07) is 0. The first-order valence-corrected chi connectivity index (χ1v) is 8.56. The highest BCUT2D eigenvalue weighted by atomic mass is 16.6. The zero-order valence-corrected chi connectivity index (χ0v) is 13.8. The van der Waals surface area contributed by atoms with Crippen LogP contribution >= 0.6 is 0 Å². The highest BCUT2D eigenvalue weighted by Gasteiger charge is 2.15. The first kappa shape index (κ1) is 19.4. The van der Waals surface area contributed by atoms with Crippen LogP contribution in [0.15, 0.2) is 0 Å². The van der Waals surface area contributed by atoms with Gasteiger partial charge in [0, 0.05) is 12.3 Å². The lowest BCUT2D eigenvalue weighted by Gasteiger charge is -2.18. The Hall–Kier alpha value is -0.570. The van der Waals surface area contributed by atoms with Gasteiger partial charge in [-0.1, -0.05) is 72.1 Å². The summed E-state index contributed by atoms with van der Waals surface area (Å²) in [6.45, 7) is 6.31. The van der Waals surface area contributed by atoms with Gasteiger partial charge in [0.2, 0.25) is 0 Å². The van der Waals surface area contributed by atoms with Crippen molar-refractivity contribution < 1.29 is 9.53 Å². The Kier molecular flexibility index (Phi) is 13.0. The maximum Gasteiger partial charge on any atom is 0.307 e. The molecule has 0 heterocycles. The molecule has 0 aromatic rings. The zero-order chi connectivity index (χ0) is 15.2. The topological polar surface area (TPSA) is 52.3 Å². The Labute approximate surface area is 125 Å². The molecule has 3 heteroatoms. The summed E-state index contributed by atoms with van der Waals surface area (Å²) >= 11 is 0. The Morgan fingerprint density at radius 1 is 0.950 bits per heavy atom. The lowest BCUT2D eigenvalue weighted by atomic mass is 10.1. The van der Waals surface area contributed by atoms with Crippen molar-refractivity contribution in [3.63, 3.8) is 0 Å². The van der Waals surface area contributed by atoms with Crippen LogP contribution < -0.4 is 5.73 Å². The molecule has 20 heavy (non-hydrogen) atoms. The average molecular weight is 285 g/mol. The molecule has 2 atom stereocenters. The highest BCUT2D eigenvalue weighted by molar-refractivity contribution is 5.69. The van der Waals surface area contributed by atoms with Gasteiger partial charge in [0.1, 0.15) is 0 Å². The number of esters is 1. The van der Waals surface area contributed by atoms with Crippen molar-refractivity contribution in [3.05, 3.63) is 0 Å². The monoisotopic (exact) mass is 285 g/mol. The van der Waals surface area contributed by atoms with E-state index in [9.17, 15) is 4.79 Å². The molecular weight excluding hydrogens is 250 g/mol. The van der Waals surface area contributed by atoms with E-state index < -0.39 is 6.23 Å². The molecule has 0 aliphatic heterocycles. The van der Waals surface area contributed by atoms with E-state index in [1.165, 1.54) is 44.9 Å². The molecule has 0 radical (unpaired) electrons. The van der Waals surface area contributed by atoms with Crippen molar-refractivity contribution in [2.45, 2.75) is 97.6 Å². The van der Waals surface area contributed by atoms with Gasteiger partial charge in [0.05, 0.1) is 0 Å². The largest absolute Gasteiger partial charge is 0.446 e. The molecule has 0 fully saturated rings. The van der Waals surface area contributed by atoms with Crippen LogP contribution in [0, 0.1) is 5.92 Å². The first-order chi connectivity index (χ1) is 9.61. The summed E-state index contributed by atoms with van der Waals surface area (Å²) in [5, 5.41) is 0. The number of hydrogen-bond donors (Lipinski definition) is 1. The molecule has 120 valence electrons. The van der Waals surface area contributed by atoms with E-state index in [2.05, 4.69) is 13.8 Å². The van der Waals surface area contributed by atoms with E-state index in [0.717, 1.165) is 19.3 Å². The fraction of sp³-hybridized carbons (Fsp3) is 0.941. The first-order valence-electron chi connectivity index (χ1n) is 8.56. The van der Waals surface area contributed by atoms with Crippen LogP contribution in [0.5, 0.6) is 0 Å². The lowest BCUT2D eigenvalue weighted by molar-refractivity contribution is -0.151. The van der Waals surface area contributed by atoms with Crippen LogP contribution in [0.1, 0.15) is 91.4 Å². The second-order valence-electron chi connectivity index (χ2n) is 5.92. The summed E-state index contributed by atoms with van der Waals surface area (Å²) in [6.07, 6.45) is 12.3. The molecule has 0 aromatic heterocycles. The zero-order valence-electron chi connectivity index (χ0n) is 13.8. The van der Waals surface area contributed by atoms with Gasteiger partial charge in [-0.2, -0.15) is 0 Å². The highest BCUT2D eigenvalue weighted by Crippen LogP contribution is 2.12. The molecule has 0 rings (SSSR count). The summed E-state index contributed by atoms with van der Waals surface area (Å²) in [4.78, 5) is 11.6. The second-order valence-corrected chi connectivity index (χ2v) is 5.92. The number of rotatable bonds is 13. The summed E-state index contributed by atoms with van der Waals surface area (Å²) < 4.78 is 5.21. The molecule has 0 aliphatic carbocycles. The SMILES string of the molecule is CCCCCCCCCCCC(=O)OC(N)C(C)CC. The van der Waals surface area contributed by atoms with Gasteiger partial charge in [-0.3, -0.25) is 10.5 Å². The van der Waals surface area contributed by atoms with Crippen molar-refractivity contribution in [2.75, 3.05) is 0 Å². The molecule has 2 unspecified atom stereocenters. The Bertz CT molecular complexity index is 231. The second kappa shape index (κ2) is 13.4. The normalized spacial score (nSPS) is 14.0. The third kappa shape index (κ3) is 11.3. The quantitative estimate of drug-likeness (QED) is 0.301. The maximum atomic E-state index is 11.6. The van der Waals surface area contributed by atoms with Gasteiger partial charge in [-0.15, -0.1) is 0 Å². The Morgan fingerprint density at radius 2 is 1.45 bits per heavy atom. The molecule has 0 amide bonds. The average Bonchev–Trinajstić information content (AvgIpc) is 2.44. The van der Waals surface area contributed by atoms with Crippen molar-refractivity contribution in [1.29, 1.82) is 0 Å². The van der Waals surface area contributed by atoms with Crippen LogP contribution in [-0.2, 0) is 9.53 Å². The summed E-state index contributed by atoms with van der Waals surface area (Å²) in [5.41, 5.74) is 5.80. The van der Waals surface area contributed by atoms with E-state index in [0.29, 0.717) is 6.42 Å². The van der Waals surface area contributed by atoms with E-state index >= 15 is 0 Å². The van der Waals surface area contributed by atoms with Gasteiger partial charge in [0.25, 0.3) is 0 Å². The number of carbonyl (C=O) groups is 1. The van der Waals surface area contributed by atoms with Gasteiger partial charge in [-0.05, 0) is 12.8 Å². The van der Waals surface area contributed by atoms with Gasteiger partial charge >= 0.3 is 5.97 Å². The van der Waals surface area contributed by atoms with E-state index in [1.807, 2.05) is 6.92 Å². The van der Waals surface area contributed by atoms with Crippen molar-refractivity contribution in [2.24, 2.45) is 11.7 Å². The van der Waals surface area contributed by atoms with Crippen LogP contribution in [-0.4, -0.2) is 12.2 Å². The summed E-state index contributed by atoms with van der Waals surface area (Å²) in [5.74, 6) is 0.0998. The van der Waals surface area contributed by atoms with Crippen LogP contribution in [0.25, 0.3) is 0 Å². The number of nitrogens with two attached hydrogens (primary N) is 1. The fourth-order valence-corrected chi connectivity index (χ4v) is 2.14. The number of ether oxygens (including phenoxy) is 1. The van der Waals surface area contributed by atoms with Crippen molar-refractivity contribution in [3.8, 4) is 0 Å². The molecule has 0 spiro atoms. The Morgan fingerprint density at radius 3 is 1.95 bits per heavy atom. The van der Waals surface area contributed by atoms with Gasteiger partial charge in [-0.25, -0.2) is 0 Å². The minimum atomic E-state index is -0.439. The number of unbranched alkanes of at least 4 members (excludes halogenated alkanes) is 8. The van der Waals surface area contributed by atoms with Crippen LogP contribution in [0.2, 0.25) is 0 Å². The molecule has 2 N–H and O–H groups in total. The number of hydrogen-bond acceptors (Lipinski definition) is 3. The molecule has 0 aliphatic rings. The van der Waals surface area contributed by atoms with Crippen LogP contribution in [0.3, 0.4) is 0 Å². The molecule has 0 bridgehead atoms. The molecule has 0 saturated heterocycles. The van der Waals surface area contributed by atoms with E-state index in [-0.39, 0.29) is 11.9 Å². The molecule has 0 aromatic carbocycles.